The Bertz CT molecular complexity index is 1130. The van der Waals surface area contributed by atoms with Gasteiger partial charge in [-0.05, 0) is 42.9 Å². The number of benzene rings is 2. The molecular formula is C30H39N3O2. The summed E-state index contributed by atoms with van der Waals surface area (Å²) in [6.07, 6.45) is 9.54. The molecule has 5 rings (SSSR count). The molecule has 2 fully saturated rings. The lowest BCUT2D eigenvalue weighted by Gasteiger charge is -2.24. The molecule has 1 aromatic heterocycles. The number of fused-ring (bicyclic) bond motifs is 1. The van der Waals surface area contributed by atoms with Crippen molar-refractivity contribution in [1.29, 1.82) is 0 Å². The van der Waals surface area contributed by atoms with Crippen molar-refractivity contribution in [2.24, 2.45) is 5.92 Å². The fourth-order valence-corrected chi connectivity index (χ4v) is 5.88. The van der Waals surface area contributed by atoms with E-state index in [1.807, 2.05) is 0 Å². The molecule has 3 aromatic rings. The zero-order valence-electron chi connectivity index (χ0n) is 21.0. The van der Waals surface area contributed by atoms with Gasteiger partial charge in [0.2, 0.25) is 5.91 Å². The lowest BCUT2D eigenvalue weighted by molar-refractivity contribution is -0.122. The Kier molecular flexibility index (Phi) is 7.85. The van der Waals surface area contributed by atoms with E-state index in [9.17, 15) is 4.79 Å². The van der Waals surface area contributed by atoms with Gasteiger partial charge in [-0.3, -0.25) is 4.79 Å². The van der Waals surface area contributed by atoms with Crippen LogP contribution in [0, 0.1) is 12.8 Å². The number of aryl methyl sites for hydroxylation is 1. The SMILES string of the molecule is Cc1cccc(C(CC(=O)NCC2CNCCO2)c2cn(CC3CCCCC3)c3ccccc23)c1. The average Bonchev–Trinajstić information content (AvgIpc) is 3.25. The Morgan fingerprint density at radius 1 is 1.14 bits per heavy atom. The minimum Gasteiger partial charge on any atom is -0.374 e. The van der Waals surface area contributed by atoms with Gasteiger partial charge in [-0.25, -0.2) is 0 Å². The molecule has 1 aliphatic heterocycles. The maximum absolute atomic E-state index is 13.2. The summed E-state index contributed by atoms with van der Waals surface area (Å²) in [6.45, 7) is 6.11. The van der Waals surface area contributed by atoms with Crippen molar-refractivity contribution in [3.63, 3.8) is 0 Å². The quantitative estimate of drug-likeness (QED) is 0.475. The molecule has 2 aromatic carbocycles. The smallest absolute Gasteiger partial charge is 0.221 e. The number of hydrogen-bond donors (Lipinski definition) is 2. The topological polar surface area (TPSA) is 55.3 Å². The Hall–Kier alpha value is -2.63. The van der Waals surface area contributed by atoms with Gasteiger partial charge in [-0.1, -0.05) is 67.3 Å². The van der Waals surface area contributed by atoms with Gasteiger partial charge in [0.1, 0.15) is 0 Å². The molecule has 186 valence electrons. The summed E-state index contributed by atoms with van der Waals surface area (Å²) in [4.78, 5) is 13.2. The van der Waals surface area contributed by atoms with Crippen LogP contribution in [0.2, 0.25) is 0 Å². The molecule has 35 heavy (non-hydrogen) atoms. The van der Waals surface area contributed by atoms with Crippen molar-refractivity contribution in [3.8, 4) is 0 Å². The van der Waals surface area contributed by atoms with Crippen LogP contribution in [0.5, 0.6) is 0 Å². The largest absolute Gasteiger partial charge is 0.374 e. The third kappa shape index (κ3) is 5.96. The first-order chi connectivity index (χ1) is 17.2. The first kappa shape index (κ1) is 24.1. The minimum atomic E-state index is 0.0119. The standard InChI is InChI=1S/C30H39N3O2/c1-22-8-7-11-24(16-22)27(17-30(34)32-19-25-18-31-14-15-35-25)28-21-33(20-23-9-3-2-4-10-23)29-13-6-5-12-26(28)29/h5-8,11-13,16,21,23,25,27,31H,2-4,9-10,14-15,17-20H2,1H3,(H,32,34). The van der Waals surface area contributed by atoms with Gasteiger partial charge < -0.3 is 19.9 Å². The molecule has 0 radical (unpaired) electrons. The molecule has 1 saturated heterocycles. The molecule has 1 aliphatic carbocycles. The molecule has 1 amide bonds. The first-order valence-corrected chi connectivity index (χ1v) is 13.4. The number of morpholine rings is 1. The lowest BCUT2D eigenvalue weighted by Crippen LogP contribution is -2.45. The summed E-state index contributed by atoms with van der Waals surface area (Å²) in [7, 11) is 0. The van der Waals surface area contributed by atoms with Crippen molar-refractivity contribution in [1.82, 2.24) is 15.2 Å². The van der Waals surface area contributed by atoms with Crippen molar-refractivity contribution in [2.45, 2.75) is 64.0 Å². The second kappa shape index (κ2) is 11.4. The average molecular weight is 474 g/mol. The summed E-state index contributed by atoms with van der Waals surface area (Å²) < 4.78 is 8.23. The van der Waals surface area contributed by atoms with E-state index in [4.69, 9.17) is 4.74 Å². The predicted octanol–water partition coefficient (Wildman–Crippen LogP) is 5.16. The molecule has 2 atom stereocenters. The fourth-order valence-electron chi connectivity index (χ4n) is 5.88. The zero-order valence-corrected chi connectivity index (χ0v) is 21.0. The van der Waals surface area contributed by atoms with Crippen molar-refractivity contribution >= 4 is 16.8 Å². The van der Waals surface area contributed by atoms with Crippen LogP contribution in [0.3, 0.4) is 0 Å². The highest BCUT2D eigenvalue weighted by Gasteiger charge is 2.25. The highest BCUT2D eigenvalue weighted by molar-refractivity contribution is 5.86. The normalized spacial score (nSPS) is 20.1. The zero-order chi connectivity index (χ0) is 24.0. The Labute approximate surface area is 209 Å². The van der Waals surface area contributed by atoms with E-state index in [0.29, 0.717) is 19.6 Å². The number of rotatable bonds is 8. The van der Waals surface area contributed by atoms with Gasteiger partial charge in [0.15, 0.2) is 0 Å². The lowest BCUT2D eigenvalue weighted by atomic mass is 9.87. The number of carbonyl (C=O) groups is 1. The van der Waals surface area contributed by atoms with Crippen LogP contribution in [0.1, 0.15) is 61.1 Å². The number of ether oxygens (including phenoxy) is 1. The maximum atomic E-state index is 13.2. The maximum Gasteiger partial charge on any atom is 0.221 e. The summed E-state index contributed by atoms with van der Waals surface area (Å²) in [5, 5.41) is 7.75. The van der Waals surface area contributed by atoms with E-state index in [2.05, 4.69) is 76.9 Å². The molecule has 0 bridgehead atoms. The van der Waals surface area contributed by atoms with E-state index >= 15 is 0 Å². The van der Waals surface area contributed by atoms with Crippen LogP contribution in [0.25, 0.3) is 10.9 Å². The number of nitrogens with zero attached hydrogens (tertiary/aromatic N) is 1. The van der Waals surface area contributed by atoms with Gasteiger partial charge in [0.05, 0.1) is 12.7 Å². The molecule has 5 nitrogen and oxygen atoms in total. The van der Waals surface area contributed by atoms with Crippen LogP contribution in [0.15, 0.2) is 54.7 Å². The second-order valence-corrected chi connectivity index (χ2v) is 10.4. The number of aromatic nitrogens is 1. The third-order valence-corrected chi connectivity index (χ3v) is 7.74. The van der Waals surface area contributed by atoms with E-state index in [0.717, 1.165) is 25.6 Å². The van der Waals surface area contributed by atoms with Crippen molar-refractivity contribution in [2.75, 3.05) is 26.2 Å². The van der Waals surface area contributed by atoms with E-state index < -0.39 is 0 Å². The summed E-state index contributed by atoms with van der Waals surface area (Å²) in [5.74, 6) is 0.838. The third-order valence-electron chi connectivity index (χ3n) is 7.74. The Balaban J connectivity index is 1.43. The monoisotopic (exact) mass is 473 g/mol. The van der Waals surface area contributed by atoms with Crippen LogP contribution in [0.4, 0.5) is 0 Å². The van der Waals surface area contributed by atoms with Gasteiger partial charge in [-0.2, -0.15) is 0 Å². The molecule has 2 N–H and O–H groups in total. The number of amides is 1. The number of nitrogens with one attached hydrogen (secondary N) is 2. The molecule has 2 unspecified atom stereocenters. The molecule has 2 aliphatic rings. The van der Waals surface area contributed by atoms with Crippen LogP contribution in [-0.4, -0.2) is 42.8 Å². The number of carbonyl (C=O) groups excluding carboxylic acids is 1. The van der Waals surface area contributed by atoms with Crippen LogP contribution < -0.4 is 10.6 Å². The van der Waals surface area contributed by atoms with Crippen LogP contribution in [-0.2, 0) is 16.1 Å². The van der Waals surface area contributed by atoms with E-state index in [1.165, 1.54) is 59.7 Å². The molecule has 1 saturated carbocycles. The van der Waals surface area contributed by atoms with E-state index in [-0.39, 0.29) is 17.9 Å². The summed E-state index contributed by atoms with van der Waals surface area (Å²) in [6, 6.07) is 17.4. The van der Waals surface area contributed by atoms with Gasteiger partial charge >= 0.3 is 0 Å². The van der Waals surface area contributed by atoms with Gasteiger partial charge in [0.25, 0.3) is 0 Å². The molecule has 0 spiro atoms. The van der Waals surface area contributed by atoms with Crippen molar-refractivity contribution in [3.05, 3.63) is 71.4 Å². The minimum absolute atomic E-state index is 0.0119. The number of hydrogen-bond acceptors (Lipinski definition) is 3. The highest BCUT2D eigenvalue weighted by atomic mass is 16.5. The second-order valence-electron chi connectivity index (χ2n) is 10.4. The Morgan fingerprint density at radius 2 is 2.00 bits per heavy atom. The molecule has 5 heteroatoms. The van der Waals surface area contributed by atoms with Crippen molar-refractivity contribution < 1.29 is 9.53 Å². The summed E-state index contributed by atoms with van der Waals surface area (Å²) in [5.41, 5.74) is 4.97. The summed E-state index contributed by atoms with van der Waals surface area (Å²) >= 11 is 0. The van der Waals surface area contributed by atoms with Crippen LogP contribution >= 0.6 is 0 Å². The van der Waals surface area contributed by atoms with Gasteiger partial charge in [0, 0.05) is 55.6 Å². The van der Waals surface area contributed by atoms with E-state index in [1.54, 1.807) is 0 Å². The Morgan fingerprint density at radius 3 is 2.80 bits per heavy atom. The fraction of sp³-hybridized carbons (Fsp3) is 0.500. The predicted molar refractivity (Wildman–Crippen MR) is 142 cm³/mol. The van der Waals surface area contributed by atoms with Gasteiger partial charge in [-0.15, -0.1) is 0 Å². The highest BCUT2D eigenvalue weighted by Crippen LogP contribution is 2.36. The first-order valence-electron chi connectivity index (χ1n) is 13.4. The molecule has 2 heterocycles. The number of para-hydroxylation sites is 1. The molecular weight excluding hydrogens is 434 g/mol.